The van der Waals surface area contributed by atoms with E-state index in [2.05, 4.69) is 0 Å². The van der Waals surface area contributed by atoms with Crippen LogP contribution in [0, 0.1) is 23.7 Å². The molecular weight excluding hydrogens is 180 g/mol. The summed E-state index contributed by atoms with van der Waals surface area (Å²) in [6.07, 6.45) is 3.24. The zero-order valence-electron chi connectivity index (χ0n) is 8.07. The van der Waals surface area contributed by atoms with Gasteiger partial charge in [0, 0.05) is 23.7 Å². The highest BCUT2D eigenvalue weighted by molar-refractivity contribution is 5.88. The summed E-state index contributed by atoms with van der Waals surface area (Å²) in [6.45, 7) is 1.44. The molecule has 0 aromatic heterocycles. The van der Waals surface area contributed by atoms with Gasteiger partial charge in [0.1, 0.15) is 5.78 Å². The first kappa shape index (κ1) is 7.83. The summed E-state index contributed by atoms with van der Waals surface area (Å²) in [5.74, 6) is 1.62. The fourth-order valence-electron chi connectivity index (χ4n) is 4.23. The molecule has 4 atom stereocenters. The summed E-state index contributed by atoms with van der Waals surface area (Å²) in [5.41, 5.74) is 0. The third-order valence-electron chi connectivity index (χ3n) is 4.73. The molecule has 3 heteroatoms. The van der Waals surface area contributed by atoms with E-state index < -0.39 is 0 Å². The van der Waals surface area contributed by atoms with Gasteiger partial charge >= 0.3 is 0 Å². The van der Waals surface area contributed by atoms with E-state index >= 15 is 0 Å². The maximum atomic E-state index is 11.9. The number of carbonyl (C=O) groups excluding carboxylic acids is 1. The Morgan fingerprint density at radius 1 is 1.14 bits per heavy atom. The van der Waals surface area contributed by atoms with Crippen LogP contribution in [0.5, 0.6) is 0 Å². The number of ketones is 1. The molecule has 3 nitrogen and oxygen atoms in total. The van der Waals surface area contributed by atoms with Crippen LogP contribution in [0.15, 0.2) is 0 Å². The van der Waals surface area contributed by atoms with E-state index in [9.17, 15) is 4.79 Å². The fraction of sp³-hybridized carbons (Fsp3) is 0.909. The van der Waals surface area contributed by atoms with Crippen molar-refractivity contribution in [2.45, 2.75) is 25.0 Å². The van der Waals surface area contributed by atoms with Crippen LogP contribution in [-0.4, -0.2) is 24.8 Å². The van der Waals surface area contributed by atoms with Crippen LogP contribution in [0.3, 0.4) is 0 Å². The Morgan fingerprint density at radius 2 is 1.93 bits per heavy atom. The van der Waals surface area contributed by atoms with Crippen molar-refractivity contribution in [1.82, 2.24) is 0 Å². The smallest absolute Gasteiger partial charge is 0.175 e. The molecule has 14 heavy (non-hydrogen) atoms. The average Bonchev–Trinajstić information content (AvgIpc) is 2.65. The van der Waals surface area contributed by atoms with Crippen LogP contribution in [0.4, 0.5) is 0 Å². The normalized spacial score (nSPS) is 52.4. The predicted molar refractivity (Wildman–Crippen MR) is 47.5 cm³/mol. The Labute approximate surface area is 82.8 Å². The van der Waals surface area contributed by atoms with E-state index in [0.29, 0.717) is 29.5 Å². The highest BCUT2D eigenvalue weighted by Crippen LogP contribution is 2.66. The molecule has 0 aromatic rings. The lowest BCUT2D eigenvalue weighted by Gasteiger charge is -2.54. The summed E-state index contributed by atoms with van der Waals surface area (Å²) < 4.78 is 11.6. The predicted octanol–water partition coefficient (Wildman–Crippen LogP) is 0.974. The van der Waals surface area contributed by atoms with Gasteiger partial charge in [0.2, 0.25) is 0 Å². The molecule has 0 amide bonds. The second-order valence-electron chi connectivity index (χ2n) is 5.07. The van der Waals surface area contributed by atoms with Gasteiger partial charge in [-0.25, -0.2) is 0 Å². The number of Topliss-reactive ketones (excluding diaryl/α,β-unsaturated/α-hetero) is 1. The minimum absolute atomic E-state index is 0.298. The largest absolute Gasteiger partial charge is 0.347 e. The lowest BCUT2D eigenvalue weighted by Crippen LogP contribution is -2.63. The summed E-state index contributed by atoms with van der Waals surface area (Å²) in [4.78, 5) is 11.9. The van der Waals surface area contributed by atoms with Crippen molar-refractivity contribution in [3.8, 4) is 0 Å². The van der Waals surface area contributed by atoms with Crippen LogP contribution < -0.4 is 0 Å². The minimum atomic E-state index is -0.314. The number of rotatable bonds is 0. The first-order chi connectivity index (χ1) is 6.83. The molecule has 4 aliphatic rings. The molecule has 0 aromatic carbocycles. The Bertz CT molecular complexity index is 298. The van der Waals surface area contributed by atoms with Gasteiger partial charge in [-0.05, 0) is 19.3 Å². The van der Waals surface area contributed by atoms with E-state index in [1.54, 1.807) is 0 Å². The van der Waals surface area contributed by atoms with Crippen LogP contribution >= 0.6 is 0 Å². The van der Waals surface area contributed by atoms with Gasteiger partial charge in [-0.15, -0.1) is 0 Å². The summed E-state index contributed by atoms with van der Waals surface area (Å²) in [7, 11) is 0. The van der Waals surface area contributed by atoms with Gasteiger partial charge in [-0.3, -0.25) is 4.79 Å². The number of hydrogen-bond acceptors (Lipinski definition) is 3. The minimum Gasteiger partial charge on any atom is -0.347 e. The molecule has 2 bridgehead atoms. The van der Waals surface area contributed by atoms with E-state index in [1.165, 1.54) is 0 Å². The standard InChI is InChI=1S/C11H14O3/c12-10-6-1-2-7-9(10)8(5-6)11(7)13-3-4-14-11/h6-9H,1-5H2/t6?,7?,8-,9?/m1/s1. The molecular formula is C11H14O3. The van der Waals surface area contributed by atoms with Gasteiger partial charge in [0.15, 0.2) is 5.79 Å². The van der Waals surface area contributed by atoms with E-state index in [4.69, 9.17) is 9.47 Å². The van der Waals surface area contributed by atoms with Crippen LogP contribution in [0.25, 0.3) is 0 Å². The molecule has 1 spiro atoms. The number of carbonyl (C=O) groups is 1. The Kier molecular flexibility index (Phi) is 1.24. The third kappa shape index (κ3) is 0.625. The van der Waals surface area contributed by atoms with Crippen molar-refractivity contribution >= 4 is 5.78 Å². The van der Waals surface area contributed by atoms with Crippen LogP contribution in [-0.2, 0) is 14.3 Å². The first-order valence-corrected chi connectivity index (χ1v) is 5.64. The summed E-state index contributed by atoms with van der Waals surface area (Å²) >= 11 is 0. The Balaban J connectivity index is 1.77. The molecule has 1 aliphatic heterocycles. The molecule has 3 unspecified atom stereocenters. The lowest BCUT2D eigenvalue weighted by atomic mass is 9.58. The lowest BCUT2D eigenvalue weighted by molar-refractivity contribution is -0.306. The molecule has 3 aliphatic carbocycles. The zero-order valence-corrected chi connectivity index (χ0v) is 8.07. The first-order valence-electron chi connectivity index (χ1n) is 5.64. The van der Waals surface area contributed by atoms with E-state index in [1.807, 2.05) is 0 Å². The molecule has 4 fully saturated rings. The Morgan fingerprint density at radius 3 is 2.71 bits per heavy atom. The van der Waals surface area contributed by atoms with Crippen LogP contribution in [0.2, 0.25) is 0 Å². The monoisotopic (exact) mass is 194 g/mol. The third-order valence-corrected chi connectivity index (χ3v) is 4.73. The molecule has 1 heterocycles. The van der Waals surface area contributed by atoms with Gasteiger partial charge in [0.05, 0.1) is 13.2 Å². The summed E-state index contributed by atoms with van der Waals surface area (Å²) in [5, 5.41) is 0. The number of hydrogen-bond donors (Lipinski definition) is 0. The fourth-order valence-corrected chi connectivity index (χ4v) is 4.23. The van der Waals surface area contributed by atoms with Crippen molar-refractivity contribution in [2.75, 3.05) is 13.2 Å². The van der Waals surface area contributed by atoms with Gasteiger partial charge in [-0.2, -0.15) is 0 Å². The maximum Gasteiger partial charge on any atom is 0.175 e. The number of ether oxygens (including phenoxy) is 2. The second kappa shape index (κ2) is 2.22. The second-order valence-corrected chi connectivity index (χ2v) is 5.07. The van der Waals surface area contributed by atoms with Crippen molar-refractivity contribution < 1.29 is 14.3 Å². The Hall–Kier alpha value is -0.410. The number of fused-ring (bicyclic) bond motifs is 3. The van der Waals surface area contributed by atoms with Crippen molar-refractivity contribution in [3.05, 3.63) is 0 Å². The summed E-state index contributed by atoms with van der Waals surface area (Å²) in [6, 6.07) is 0. The molecule has 0 N–H and O–H groups in total. The van der Waals surface area contributed by atoms with E-state index in [0.717, 1.165) is 32.5 Å². The van der Waals surface area contributed by atoms with Crippen LogP contribution in [0.1, 0.15) is 19.3 Å². The molecule has 76 valence electrons. The molecule has 3 saturated carbocycles. The van der Waals surface area contributed by atoms with Crippen molar-refractivity contribution in [2.24, 2.45) is 23.7 Å². The maximum absolute atomic E-state index is 11.9. The topological polar surface area (TPSA) is 35.5 Å². The van der Waals surface area contributed by atoms with Crippen molar-refractivity contribution in [3.63, 3.8) is 0 Å². The van der Waals surface area contributed by atoms with Gasteiger partial charge in [0.25, 0.3) is 0 Å². The molecule has 0 radical (unpaired) electrons. The SMILES string of the molecule is O=C1C2CCC3C1[C@@H](C2)C31OCCO1. The van der Waals surface area contributed by atoms with Gasteiger partial charge < -0.3 is 9.47 Å². The quantitative estimate of drug-likeness (QED) is 0.576. The van der Waals surface area contributed by atoms with Gasteiger partial charge in [-0.1, -0.05) is 0 Å². The highest BCUT2D eigenvalue weighted by Gasteiger charge is 2.73. The zero-order chi connectivity index (χ0) is 9.34. The average molecular weight is 194 g/mol. The van der Waals surface area contributed by atoms with E-state index in [-0.39, 0.29) is 5.79 Å². The van der Waals surface area contributed by atoms with Crippen molar-refractivity contribution in [1.29, 1.82) is 0 Å². The highest BCUT2D eigenvalue weighted by atomic mass is 16.7. The molecule has 4 rings (SSSR count). The molecule has 1 saturated heterocycles.